The van der Waals surface area contributed by atoms with Gasteiger partial charge in [-0.15, -0.1) is 0 Å². The Bertz CT molecular complexity index is 583. The van der Waals surface area contributed by atoms with Gasteiger partial charge in [0.15, 0.2) is 0 Å². The van der Waals surface area contributed by atoms with Gasteiger partial charge in [-0.25, -0.2) is 9.67 Å². The molecule has 0 spiro atoms. The van der Waals surface area contributed by atoms with Crippen LogP contribution in [0.4, 0.5) is 5.69 Å². The number of aromatic nitrogens is 3. The Morgan fingerprint density at radius 3 is 2.94 bits per heavy atom. The van der Waals surface area contributed by atoms with E-state index in [0.717, 1.165) is 0 Å². The van der Waals surface area contributed by atoms with Crippen LogP contribution in [-0.2, 0) is 13.1 Å². The summed E-state index contributed by atoms with van der Waals surface area (Å²) in [6.45, 7) is 0.428. The predicted octanol–water partition coefficient (Wildman–Crippen LogP) is 1.35. The van der Waals surface area contributed by atoms with Crippen molar-refractivity contribution in [2.24, 2.45) is 5.73 Å². The lowest BCUT2D eigenvalue weighted by Gasteiger charge is -2.06. The van der Waals surface area contributed by atoms with Gasteiger partial charge in [0.1, 0.15) is 12.2 Å². The molecule has 2 N–H and O–H groups in total. The standard InChI is InChI=1S/C10H10ClN5O2/c11-8-1-2-9(16(17)18)7(3-8)5-15-10(4-12)13-6-14-15/h1-3,6H,4-5,12H2. The normalized spacial score (nSPS) is 10.6. The molecule has 0 fully saturated rings. The third-order valence-corrected chi connectivity index (χ3v) is 2.67. The molecule has 0 atom stereocenters. The Morgan fingerprint density at radius 2 is 2.28 bits per heavy atom. The van der Waals surface area contributed by atoms with Crippen molar-refractivity contribution in [3.63, 3.8) is 0 Å². The molecule has 0 amide bonds. The van der Waals surface area contributed by atoms with Gasteiger partial charge >= 0.3 is 0 Å². The van der Waals surface area contributed by atoms with Crippen molar-refractivity contribution in [3.05, 3.63) is 51.1 Å². The summed E-state index contributed by atoms with van der Waals surface area (Å²) in [4.78, 5) is 14.4. The number of benzene rings is 1. The minimum atomic E-state index is -0.454. The largest absolute Gasteiger partial charge is 0.324 e. The molecule has 0 radical (unpaired) electrons. The Balaban J connectivity index is 2.39. The van der Waals surface area contributed by atoms with E-state index in [1.165, 1.54) is 23.1 Å². The fourth-order valence-electron chi connectivity index (χ4n) is 1.60. The third-order valence-electron chi connectivity index (χ3n) is 2.44. The maximum Gasteiger partial charge on any atom is 0.274 e. The number of rotatable bonds is 4. The fourth-order valence-corrected chi connectivity index (χ4v) is 1.79. The van der Waals surface area contributed by atoms with Crippen LogP contribution in [0.1, 0.15) is 11.4 Å². The molecular formula is C10H10ClN5O2. The third kappa shape index (κ3) is 2.47. The average Bonchev–Trinajstić information content (AvgIpc) is 2.76. The van der Waals surface area contributed by atoms with Gasteiger partial charge in [0, 0.05) is 11.1 Å². The van der Waals surface area contributed by atoms with Crippen LogP contribution in [0.25, 0.3) is 0 Å². The minimum Gasteiger partial charge on any atom is -0.324 e. The summed E-state index contributed by atoms with van der Waals surface area (Å²) in [6.07, 6.45) is 1.36. The molecule has 7 nitrogen and oxygen atoms in total. The van der Waals surface area contributed by atoms with E-state index in [1.807, 2.05) is 0 Å². The average molecular weight is 268 g/mol. The Hall–Kier alpha value is -1.99. The summed E-state index contributed by atoms with van der Waals surface area (Å²) in [5.74, 6) is 0.560. The quantitative estimate of drug-likeness (QED) is 0.666. The van der Waals surface area contributed by atoms with E-state index in [0.29, 0.717) is 16.4 Å². The van der Waals surface area contributed by atoms with Gasteiger partial charge in [0.2, 0.25) is 0 Å². The lowest BCUT2D eigenvalue weighted by molar-refractivity contribution is -0.385. The number of halogens is 1. The molecule has 94 valence electrons. The molecule has 0 saturated heterocycles. The molecule has 8 heteroatoms. The van der Waals surface area contributed by atoms with E-state index < -0.39 is 4.92 Å². The maximum atomic E-state index is 10.9. The maximum absolute atomic E-state index is 10.9. The number of nitrogens with zero attached hydrogens (tertiary/aromatic N) is 4. The van der Waals surface area contributed by atoms with Gasteiger partial charge in [0.25, 0.3) is 5.69 Å². The SMILES string of the molecule is NCc1ncnn1Cc1cc(Cl)ccc1[N+](=O)[O-]. The number of nitro benzene ring substituents is 1. The van der Waals surface area contributed by atoms with Gasteiger partial charge in [-0.1, -0.05) is 11.6 Å². The second-order valence-corrected chi connectivity index (χ2v) is 4.00. The first-order valence-corrected chi connectivity index (χ1v) is 5.49. The van der Waals surface area contributed by atoms with Crippen molar-refractivity contribution < 1.29 is 4.92 Å². The van der Waals surface area contributed by atoms with Crippen molar-refractivity contribution in [2.75, 3.05) is 0 Å². The molecule has 2 aromatic rings. The zero-order valence-electron chi connectivity index (χ0n) is 9.28. The van der Waals surface area contributed by atoms with Crippen LogP contribution in [-0.4, -0.2) is 19.7 Å². The van der Waals surface area contributed by atoms with E-state index in [1.54, 1.807) is 6.07 Å². The zero-order chi connectivity index (χ0) is 13.1. The van der Waals surface area contributed by atoms with Crippen molar-refractivity contribution in [1.29, 1.82) is 0 Å². The molecular weight excluding hydrogens is 258 g/mol. The van der Waals surface area contributed by atoms with Crippen LogP contribution in [0, 0.1) is 10.1 Å². The molecule has 1 aromatic heterocycles. The number of nitro groups is 1. The highest BCUT2D eigenvalue weighted by Crippen LogP contribution is 2.23. The van der Waals surface area contributed by atoms with Crippen LogP contribution < -0.4 is 5.73 Å². The first-order valence-electron chi connectivity index (χ1n) is 5.11. The predicted molar refractivity (Wildman–Crippen MR) is 65.1 cm³/mol. The molecule has 0 aliphatic rings. The van der Waals surface area contributed by atoms with Crippen molar-refractivity contribution >= 4 is 17.3 Å². The van der Waals surface area contributed by atoms with Crippen LogP contribution in [0.3, 0.4) is 0 Å². The van der Waals surface area contributed by atoms with Gasteiger partial charge in [-0.05, 0) is 12.1 Å². The fraction of sp³-hybridized carbons (Fsp3) is 0.200. The summed E-state index contributed by atoms with van der Waals surface area (Å²) < 4.78 is 1.51. The Morgan fingerprint density at radius 1 is 1.50 bits per heavy atom. The first kappa shape index (κ1) is 12.5. The van der Waals surface area contributed by atoms with Gasteiger partial charge in [-0.3, -0.25) is 10.1 Å². The van der Waals surface area contributed by atoms with Crippen molar-refractivity contribution in [1.82, 2.24) is 14.8 Å². The smallest absolute Gasteiger partial charge is 0.274 e. The minimum absolute atomic E-state index is 0.00197. The van der Waals surface area contributed by atoms with E-state index >= 15 is 0 Å². The Kier molecular flexibility index (Phi) is 3.54. The van der Waals surface area contributed by atoms with Gasteiger partial charge < -0.3 is 5.73 Å². The molecule has 0 saturated carbocycles. The molecule has 2 rings (SSSR count). The topological polar surface area (TPSA) is 99.9 Å². The lowest BCUT2D eigenvalue weighted by atomic mass is 10.2. The van der Waals surface area contributed by atoms with Crippen LogP contribution in [0.2, 0.25) is 5.02 Å². The van der Waals surface area contributed by atoms with E-state index in [9.17, 15) is 10.1 Å². The van der Waals surface area contributed by atoms with E-state index in [2.05, 4.69) is 10.1 Å². The van der Waals surface area contributed by atoms with Gasteiger partial charge in [0.05, 0.1) is 23.6 Å². The molecule has 0 aliphatic heterocycles. The highest BCUT2D eigenvalue weighted by molar-refractivity contribution is 6.30. The van der Waals surface area contributed by atoms with Crippen LogP contribution in [0.15, 0.2) is 24.5 Å². The summed E-state index contributed by atoms with van der Waals surface area (Å²) in [5, 5.41) is 15.3. The zero-order valence-corrected chi connectivity index (χ0v) is 10.0. The van der Waals surface area contributed by atoms with Gasteiger partial charge in [-0.2, -0.15) is 5.10 Å². The molecule has 0 bridgehead atoms. The second-order valence-electron chi connectivity index (χ2n) is 3.57. The molecule has 18 heavy (non-hydrogen) atoms. The molecule has 0 aliphatic carbocycles. The molecule has 1 heterocycles. The summed E-state index contributed by atoms with van der Waals surface area (Å²) in [6, 6.07) is 4.40. The van der Waals surface area contributed by atoms with Crippen LogP contribution in [0.5, 0.6) is 0 Å². The highest BCUT2D eigenvalue weighted by Gasteiger charge is 2.15. The van der Waals surface area contributed by atoms with Crippen LogP contribution >= 0.6 is 11.6 Å². The summed E-state index contributed by atoms with van der Waals surface area (Å²) in [5.41, 5.74) is 5.96. The number of hydrogen-bond acceptors (Lipinski definition) is 5. The summed E-state index contributed by atoms with van der Waals surface area (Å²) in [7, 11) is 0. The van der Waals surface area contributed by atoms with E-state index in [-0.39, 0.29) is 18.8 Å². The number of nitrogens with two attached hydrogens (primary N) is 1. The lowest BCUT2D eigenvalue weighted by Crippen LogP contribution is -2.11. The second kappa shape index (κ2) is 5.11. The van der Waals surface area contributed by atoms with E-state index in [4.69, 9.17) is 17.3 Å². The molecule has 1 aromatic carbocycles. The number of hydrogen-bond donors (Lipinski definition) is 1. The monoisotopic (exact) mass is 267 g/mol. The highest BCUT2D eigenvalue weighted by atomic mass is 35.5. The first-order chi connectivity index (χ1) is 8.61. The van der Waals surface area contributed by atoms with Crippen molar-refractivity contribution in [3.8, 4) is 0 Å². The molecule has 0 unspecified atom stereocenters. The van der Waals surface area contributed by atoms with Crippen molar-refractivity contribution in [2.45, 2.75) is 13.1 Å². The Labute approximate surface area is 107 Å². The summed E-state index contributed by atoms with van der Waals surface area (Å²) >= 11 is 5.84.